The summed E-state index contributed by atoms with van der Waals surface area (Å²) in [6.45, 7) is 3.29. The van der Waals surface area contributed by atoms with Gasteiger partial charge in [0.2, 0.25) is 11.6 Å². The van der Waals surface area contributed by atoms with Crippen LogP contribution in [0.5, 0.6) is 11.5 Å². The topological polar surface area (TPSA) is 77.0 Å². The Morgan fingerprint density at radius 3 is 2.57 bits per heavy atom. The minimum atomic E-state index is -1.67. The third-order valence-corrected chi connectivity index (χ3v) is 5.16. The lowest BCUT2D eigenvalue weighted by Crippen LogP contribution is -2.17. The van der Waals surface area contributed by atoms with Crippen molar-refractivity contribution in [2.24, 2.45) is 4.99 Å². The van der Waals surface area contributed by atoms with Crippen molar-refractivity contribution in [1.82, 2.24) is 4.90 Å². The van der Waals surface area contributed by atoms with Gasteiger partial charge in [-0.05, 0) is 25.5 Å². The molecular weight excluding hydrogens is 419 g/mol. The molecule has 0 aliphatic heterocycles. The summed E-state index contributed by atoms with van der Waals surface area (Å²) in [5.74, 6) is -5.00. The molecular formula is C20H22F3N3O3S. The van der Waals surface area contributed by atoms with E-state index < -0.39 is 40.3 Å². The lowest BCUT2D eigenvalue weighted by Gasteiger charge is -2.16. The van der Waals surface area contributed by atoms with Crippen molar-refractivity contribution >= 4 is 35.4 Å². The molecule has 2 rings (SSSR count). The monoisotopic (exact) mass is 441 g/mol. The van der Waals surface area contributed by atoms with E-state index in [0.717, 1.165) is 0 Å². The Hall–Kier alpha value is -2.72. The van der Waals surface area contributed by atoms with Gasteiger partial charge in [0.1, 0.15) is 17.2 Å². The first kappa shape index (κ1) is 23.6. The average Bonchev–Trinajstić information content (AvgIpc) is 2.69. The summed E-state index contributed by atoms with van der Waals surface area (Å²) in [5, 5.41) is 0. The number of nitrogens with one attached hydrogen (secondary N) is 1. The van der Waals surface area contributed by atoms with Crippen molar-refractivity contribution < 1.29 is 27.3 Å². The molecule has 30 heavy (non-hydrogen) atoms. The highest BCUT2D eigenvalue weighted by Gasteiger charge is 2.24. The molecule has 0 bridgehead atoms. The molecule has 1 unspecified atom stereocenters. The van der Waals surface area contributed by atoms with Crippen molar-refractivity contribution in [3.63, 3.8) is 0 Å². The third kappa shape index (κ3) is 5.45. The van der Waals surface area contributed by atoms with Gasteiger partial charge in [-0.25, -0.2) is 18.5 Å². The van der Waals surface area contributed by atoms with Crippen LogP contribution in [-0.4, -0.2) is 41.9 Å². The first-order valence-electron chi connectivity index (χ1n) is 8.99. The van der Waals surface area contributed by atoms with Crippen LogP contribution in [0.25, 0.3) is 0 Å². The van der Waals surface area contributed by atoms with E-state index in [1.54, 1.807) is 25.9 Å². The Morgan fingerprint density at radius 2 is 1.97 bits per heavy atom. The van der Waals surface area contributed by atoms with Gasteiger partial charge < -0.3 is 14.2 Å². The highest BCUT2D eigenvalue weighted by Crippen LogP contribution is 2.37. The third-order valence-electron chi connectivity index (χ3n) is 3.93. The molecule has 162 valence electrons. The summed E-state index contributed by atoms with van der Waals surface area (Å²) >= 11 is -1.67. The maximum Gasteiger partial charge on any atom is 0.204 e. The van der Waals surface area contributed by atoms with Crippen LogP contribution in [0, 0.1) is 24.4 Å². The fourth-order valence-corrected chi connectivity index (χ4v) is 3.32. The number of halogens is 3. The molecule has 0 aliphatic carbocycles. The number of hydrogen-bond donors (Lipinski definition) is 1. The number of carbonyl (C=O) groups excluding carboxylic acids is 1. The number of hydrogen-bond acceptors (Lipinski definition) is 5. The molecule has 2 aromatic rings. The molecule has 0 spiro atoms. The van der Waals surface area contributed by atoms with E-state index in [4.69, 9.17) is 4.74 Å². The smallest absolute Gasteiger partial charge is 0.204 e. The minimum absolute atomic E-state index is 0.0510. The highest BCUT2D eigenvalue weighted by molar-refractivity contribution is 7.92. The zero-order chi connectivity index (χ0) is 22.4. The number of carbonyl (C=O) groups is 1. The Bertz CT molecular complexity index is 955. The number of ether oxygens (including phenoxy) is 1. The van der Waals surface area contributed by atoms with Gasteiger partial charge in [0.25, 0.3) is 0 Å². The largest absolute Gasteiger partial charge is 0.593 e. The normalized spacial score (nSPS) is 12.1. The number of rotatable bonds is 9. The lowest BCUT2D eigenvalue weighted by atomic mass is 10.1. The Balaban J connectivity index is 2.47. The first-order valence-corrected chi connectivity index (χ1v) is 10.3. The molecule has 0 saturated carbocycles. The van der Waals surface area contributed by atoms with Crippen molar-refractivity contribution in [2.75, 3.05) is 24.6 Å². The number of aliphatic imine (C=N–C) groups is 1. The van der Waals surface area contributed by atoms with E-state index in [9.17, 15) is 22.5 Å². The fourth-order valence-electron chi connectivity index (χ4n) is 2.46. The molecule has 0 saturated heterocycles. The van der Waals surface area contributed by atoms with Gasteiger partial charge in [-0.2, -0.15) is 4.39 Å². The van der Waals surface area contributed by atoms with Gasteiger partial charge in [-0.15, -0.1) is 0 Å². The summed E-state index contributed by atoms with van der Waals surface area (Å²) in [6.07, 6.45) is 2.58. The molecule has 2 aromatic carbocycles. The maximum atomic E-state index is 14.8. The maximum absolute atomic E-state index is 14.8. The van der Waals surface area contributed by atoms with Crippen LogP contribution >= 0.6 is 0 Å². The van der Waals surface area contributed by atoms with Crippen LogP contribution in [-0.2, 0) is 11.4 Å². The first-order chi connectivity index (χ1) is 14.2. The molecule has 6 nitrogen and oxygen atoms in total. The standard InChI is InChI=1S/C20H22F3N3O3S/c1-5-8-30(28)25-16-9-14(21)18(22)20(19(16)23)29-17-7-6-15(24-11-26(3)4)13(10-27)12(17)2/h6-7,9-11,25H,5,8H2,1-4H3/b24-11-. The summed E-state index contributed by atoms with van der Waals surface area (Å²) in [5.41, 5.74) is 0.271. The lowest BCUT2D eigenvalue weighted by molar-refractivity contribution is 0.112. The molecule has 0 radical (unpaired) electrons. The van der Waals surface area contributed by atoms with Gasteiger partial charge in [0, 0.05) is 31.3 Å². The number of benzene rings is 2. The predicted octanol–water partition coefficient (Wildman–Crippen LogP) is 4.72. The number of anilines is 1. The molecule has 0 aliphatic rings. The van der Waals surface area contributed by atoms with Crippen molar-refractivity contribution in [2.45, 2.75) is 20.3 Å². The van der Waals surface area contributed by atoms with Gasteiger partial charge in [0.05, 0.1) is 23.4 Å². The van der Waals surface area contributed by atoms with Crippen LogP contribution < -0.4 is 9.46 Å². The Labute approximate surface area is 176 Å². The van der Waals surface area contributed by atoms with E-state index in [0.29, 0.717) is 24.5 Å². The van der Waals surface area contributed by atoms with E-state index in [-0.39, 0.29) is 22.6 Å². The molecule has 0 amide bonds. The highest BCUT2D eigenvalue weighted by atomic mass is 32.2. The zero-order valence-electron chi connectivity index (χ0n) is 17.0. The molecule has 0 fully saturated rings. The minimum Gasteiger partial charge on any atom is -0.593 e. The summed E-state index contributed by atoms with van der Waals surface area (Å²) in [7, 11) is 3.51. The van der Waals surface area contributed by atoms with E-state index in [1.807, 2.05) is 0 Å². The van der Waals surface area contributed by atoms with Gasteiger partial charge in [-0.3, -0.25) is 4.79 Å². The second kappa shape index (κ2) is 10.4. The van der Waals surface area contributed by atoms with E-state index in [2.05, 4.69) is 9.71 Å². The van der Waals surface area contributed by atoms with Crippen LogP contribution in [0.1, 0.15) is 29.3 Å². The Morgan fingerprint density at radius 1 is 1.27 bits per heavy atom. The second-order valence-corrected chi connectivity index (χ2v) is 7.87. The van der Waals surface area contributed by atoms with Crippen LogP contribution in [0.4, 0.5) is 24.5 Å². The van der Waals surface area contributed by atoms with Crippen molar-refractivity contribution in [1.29, 1.82) is 0 Å². The quantitative estimate of drug-likeness (QED) is 0.200. The van der Waals surface area contributed by atoms with E-state index >= 15 is 0 Å². The fraction of sp³-hybridized carbons (Fsp3) is 0.300. The van der Waals surface area contributed by atoms with Gasteiger partial charge in [-0.1, -0.05) is 6.92 Å². The predicted molar refractivity (Wildman–Crippen MR) is 112 cm³/mol. The number of aldehydes is 1. The molecule has 1 atom stereocenters. The molecule has 0 aromatic heterocycles. The molecule has 0 heterocycles. The van der Waals surface area contributed by atoms with Crippen molar-refractivity contribution in [3.05, 3.63) is 46.8 Å². The number of nitrogens with zero attached hydrogens (tertiary/aromatic N) is 2. The van der Waals surface area contributed by atoms with Gasteiger partial charge >= 0.3 is 0 Å². The van der Waals surface area contributed by atoms with Crippen molar-refractivity contribution in [3.8, 4) is 11.5 Å². The average molecular weight is 441 g/mol. The SMILES string of the molecule is CCC[S+]([O-])Nc1cc(F)c(F)c(Oc2ccc(/N=C\N(C)C)c(C=O)c2C)c1F. The molecule has 1 N–H and O–H groups in total. The molecule has 10 heteroatoms. The van der Waals surface area contributed by atoms with Crippen LogP contribution in [0.3, 0.4) is 0 Å². The zero-order valence-corrected chi connectivity index (χ0v) is 17.8. The van der Waals surface area contributed by atoms with Crippen LogP contribution in [0.2, 0.25) is 0 Å². The second-order valence-electron chi connectivity index (χ2n) is 6.56. The Kier molecular flexibility index (Phi) is 8.13. The van der Waals surface area contributed by atoms with Crippen LogP contribution in [0.15, 0.2) is 23.2 Å². The van der Waals surface area contributed by atoms with Gasteiger partial charge in [0.15, 0.2) is 17.9 Å². The summed E-state index contributed by atoms with van der Waals surface area (Å²) < 4.78 is 62.5. The summed E-state index contributed by atoms with van der Waals surface area (Å²) in [4.78, 5) is 17.4. The van der Waals surface area contributed by atoms with E-state index in [1.165, 1.54) is 25.4 Å². The summed E-state index contributed by atoms with van der Waals surface area (Å²) in [6, 6.07) is 3.39.